The first-order chi connectivity index (χ1) is 7.15. The second-order valence-corrected chi connectivity index (χ2v) is 4.05. The van der Waals surface area contributed by atoms with Crippen LogP contribution in [0.3, 0.4) is 0 Å². The van der Waals surface area contributed by atoms with Gasteiger partial charge in [-0.25, -0.2) is 0 Å². The van der Waals surface area contributed by atoms with Crippen molar-refractivity contribution in [2.75, 3.05) is 12.4 Å². The summed E-state index contributed by atoms with van der Waals surface area (Å²) in [5.74, 6) is 0. The van der Waals surface area contributed by atoms with Gasteiger partial charge >= 0.3 is 0 Å². The Morgan fingerprint density at radius 1 is 1.40 bits per heavy atom. The van der Waals surface area contributed by atoms with Crippen LogP contribution in [0.5, 0.6) is 0 Å². The van der Waals surface area contributed by atoms with Gasteiger partial charge in [-0.1, -0.05) is 25.1 Å². The Balaban J connectivity index is 2.56. The van der Waals surface area contributed by atoms with Crippen molar-refractivity contribution in [3.63, 3.8) is 0 Å². The van der Waals surface area contributed by atoms with Crippen molar-refractivity contribution >= 4 is 23.0 Å². The van der Waals surface area contributed by atoms with Gasteiger partial charge < -0.3 is 10.2 Å². The minimum atomic E-state index is 0.466. The molecule has 1 aromatic carbocycles. The zero-order valence-electron chi connectivity index (χ0n) is 9.53. The molecule has 82 valence electrons. The first kappa shape index (κ1) is 12.0. The minimum Gasteiger partial charge on any atom is -0.349 e. The predicted octanol–water partition coefficient (Wildman–Crippen LogP) is 3.11. The molecule has 1 atom stereocenters. The van der Waals surface area contributed by atoms with Gasteiger partial charge in [0.05, 0.1) is 0 Å². The molecule has 0 fully saturated rings. The van der Waals surface area contributed by atoms with Gasteiger partial charge in [-0.3, -0.25) is 0 Å². The SMILES string of the molecule is CCC(C)N(C)C(=S)Nc1ccccc1. The number of benzene rings is 1. The molecule has 0 aliphatic rings. The van der Waals surface area contributed by atoms with E-state index in [1.54, 1.807) is 0 Å². The molecular formula is C12H18N2S. The first-order valence-corrected chi connectivity index (χ1v) is 5.64. The number of hydrogen-bond acceptors (Lipinski definition) is 1. The van der Waals surface area contributed by atoms with Crippen LogP contribution < -0.4 is 5.32 Å². The summed E-state index contributed by atoms with van der Waals surface area (Å²) in [4.78, 5) is 2.09. The van der Waals surface area contributed by atoms with E-state index in [4.69, 9.17) is 12.2 Å². The van der Waals surface area contributed by atoms with Crippen LogP contribution >= 0.6 is 12.2 Å². The smallest absolute Gasteiger partial charge is 0.173 e. The minimum absolute atomic E-state index is 0.466. The van der Waals surface area contributed by atoms with E-state index >= 15 is 0 Å². The molecule has 0 aromatic heterocycles. The quantitative estimate of drug-likeness (QED) is 0.791. The van der Waals surface area contributed by atoms with Gasteiger partial charge in [0.2, 0.25) is 0 Å². The zero-order valence-corrected chi connectivity index (χ0v) is 10.3. The molecule has 1 rings (SSSR count). The van der Waals surface area contributed by atoms with Crippen molar-refractivity contribution in [3.05, 3.63) is 30.3 Å². The number of hydrogen-bond donors (Lipinski definition) is 1. The molecule has 0 aliphatic carbocycles. The van der Waals surface area contributed by atoms with Crippen molar-refractivity contribution < 1.29 is 0 Å². The highest BCUT2D eigenvalue weighted by molar-refractivity contribution is 7.80. The van der Waals surface area contributed by atoms with E-state index in [1.165, 1.54) is 0 Å². The third kappa shape index (κ3) is 3.51. The van der Waals surface area contributed by atoms with Gasteiger partial charge in [-0.15, -0.1) is 0 Å². The third-order valence-corrected chi connectivity index (χ3v) is 2.99. The maximum atomic E-state index is 5.32. The van der Waals surface area contributed by atoms with Gasteiger partial charge in [0.25, 0.3) is 0 Å². The van der Waals surface area contributed by atoms with Crippen LogP contribution in [0.25, 0.3) is 0 Å². The van der Waals surface area contributed by atoms with E-state index in [0.717, 1.165) is 17.2 Å². The fourth-order valence-electron chi connectivity index (χ4n) is 1.21. The Kier molecular flexibility index (Phi) is 4.56. The summed E-state index contributed by atoms with van der Waals surface area (Å²) in [6, 6.07) is 10.5. The topological polar surface area (TPSA) is 15.3 Å². The van der Waals surface area contributed by atoms with Crippen LogP contribution in [0.4, 0.5) is 5.69 Å². The van der Waals surface area contributed by atoms with Crippen molar-refractivity contribution in [1.82, 2.24) is 4.90 Å². The number of nitrogens with one attached hydrogen (secondary N) is 1. The first-order valence-electron chi connectivity index (χ1n) is 5.24. The van der Waals surface area contributed by atoms with Crippen LogP contribution in [0.2, 0.25) is 0 Å². The highest BCUT2D eigenvalue weighted by Gasteiger charge is 2.09. The summed E-state index contributed by atoms with van der Waals surface area (Å²) in [7, 11) is 2.02. The zero-order chi connectivity index (χ0) is 11.3. The number of nitrogens with zero attached hydrogens (tertiary/aromatic N) is 1. The van der Waals surface area contributed by atoms with Crippen LogP contribution in [-0.2, 0) is 0 Å². The molecule has 0 aliphatic heterocycles. The Morgan fingerprint density at radius 2 is 2.00 bits per heavy atom. The Bertz CT molecular complexity index is 311. The predicted molar refractivity (Wildman–Crippen MR) is 70.2 cm³/mol. The fraction of sp³-hybridized carbons (Fsp3) is 0.417. The van der Waals surface area contributed by atoms with Gasteiger partial charge in [0.15, 0.2) is 5.11 Å². The number of thiocarbonyl (C=S) groups is 1. The van der Waals surface area contributed by atoms with E-state index < -0.39 is 0 Å². The van der Waals surface area contributed by atoms with E-state index in [-0.39, 0.29) is 0 Å². The molecule has 0 radical (unpaired) electrons. The number of anilines is 1. The number of rotatable bonds is 3. The lowest BCUT2D eigenvalue weighted by atomic mass is 10.2. The van der Waals surface area contributed by atoms with E-state index in [0.29, 0.717) is 6.04 Å². The molecule has 3 heteroatoms. The molecular weight excluding hydrogens is 204 g/mol. The number of para-hydroxylation sites is 1. The summed E-state index contributed by atoms with van der Waals surface area (Å²) >= 11 is 5.32. The van der Waals surface area contributed by atoms with Crippen LogP contribution in [0.1, 0.15) is 20.3 Å². The molecule has 0 saturated carbocycles. The van der Waals surface area contributed by atoms with E-state index in [2.05, 4.69) is 24.1 Å². The lowest BCUT2D eigenvalue weighted by molar-refractivity contribution is 0.386. The van der Waals surface area contributed by atoms with Crippen LogP contribution in [0.15, 0.2) is 30.3 Å². The average molecular weight is 222 g/mol. The molecule has 0 saturated heterocycles. The molecule has 0 bridgehead atoms. The second-order valence-electron chi connectivity index (χ2n) is 3.66. The maximum absolute atomic E-state index is 5.32. The monoisotopic (exact) mass is 222 g/mol. The van der Waals surface area contributed by atoms with Crippen LogP contribution in [-0.4, -0.2) is 23.1 Å². The molecule has 0 amide bonds. The summed E-state index contributed by atoms with van der Waals surface area (Å²) < 4.78 is 0. The Labute approximate surface area is 97.3 Å². The largest absolute Gasteiger partial charge is 0.349 e. The normalized spacial score (nSPS) is 11.9. The highest BCUT2D eigenvalue weighted by Crippen LogP contribution is 2.08. The lowest BCUT2D eigenvalue weighted by Crippen LogP contribution is -2.37. The van der Waals surface area contributed by atoms with Crippen molar-refractivity contribution in [1.29, 1.82) is 0 Å². The average Bonchev–Trinajstić information content (AvgIpc) is 2.28. The van der Waals surface area contributed by atoms with Gasteiger partial charge in [0.1, 0.15) is 0 Å². The van der Waals surface area contributed by atoms with Gasteiger partial charge in [-0.2, -0.15) is 0 Å². The molecule has 0 spiro atoms. The van der Waals surface area contributed by atoms with Gasteiger partial charge in [0, 0.05) is 18.8 Å². The summed E-state index contributed by atoms with van der Waals surface area (Å²) in [5.41, 5.74) is 1.04. The molecule has 1 N–H and O–H groups in total. The Morgan fingerprint density at radius 3 is 2.53 bits per heavy atom. The third-order valence-electron chi connectivity index (χ3n) is 2.60. The van der Waals surface area contributed by atoms with E-state index in [1.807, 2.05) is 37.4 Å². The molecule has 2 nitrogen and oxygen atoms in total. The molecule has 15 heavy (non-hydrogen) atoms. The van der Waals surface area contributed by atoms with Crippen molar-refractivity contribution in [2.45, 2.75) is 26.3 Å². The van der Waals surface area contributed by atoms with Crippen LogP contribution in [0, 0.1) is 0 Å². The molecule has 1 aromatic rings. The molecule has 0 heterocycles. The second kappa shape index (κ2) is 5.71. The lowest BCUT2D eigenvalue weighted by Gasteiger charge is -2.26. The Hall–Kier alpha value is -1.09. The fourth-order valence-corrected chi connectivity index (χ4v) is 1.50. The molecule has 1 unspecified atom stereocenters. The summed E-state index contributed by atoms with van der Waals surface area (Å²) in [6.07, 6.45) is 1.09. The van der Waals surface area contributed by atoms with E-state index in [9.17, 15) is 0 Å². The highest BCUT2D eigenvalue weighted by atomic mass is 32.1. The summed E-state index contributed by atoms with van der Waals surface area (Å²) in [5, 5.41) is 3.99. The van der Waals surface area contributed by atoms with Gasteiger partial charge in [-0.05, 0) is 37.7 Å². The maximum Gasteiger partial charge on any atom is 0.173 e. The summed E-state index contributed by atoms with van der Waals surface area (Å²) in [6.45, 7) is 4.32. The standard InChI is InChI=1S/C12H18N2S/c1-4-10(2)14(3)12(15)13-11-8-6-5-7-9-11/h5-10H,4H2,1-3H3,(H,13,15). The van der Waals surface area contributed by atoms with Crippen molar-refractivity contribution in [3.8, 4) is 0 Å². The van der Waals surface area contributed by atoms with Crippen molar-refractivity contribution in [2.24, 2.45) is 0 Å².